The van der Waals surface area contributed by atoms with E-state index in [0.29, 0.717) is 5.02 Å². The van der Waals surface area contributed by atoms with E-state index in [1.54, 1.807) is 39.8 Å². The average Bonchev–Trinajstić information content (AvgIpc) is 2.58. The molecule has 0 spiro atoms. The van der Waals surface area contributed by atoms with Gasteiger partial charge < -0.3 is 19.6 Å². The number of halogens is 1. The third kappa shape index (κ3) is 8.43. The van der Waals surface area contributed by atoms with E-state index in [1.807, 2.05) is 12.1 Å². The van der Waals surface area contributed by atoms with E-state index in [2.05, 4.69) is 5.32 Å². The molecule has 150 valence electrons. The third-order valence-corrected chi connectivity index (χ3v) is 4.09. The second-order valence-corrected chi connectivity index (χ2v) is 7.58. The molecule has 1 N–H and O–H groups in total. The van der Waals surface area contributed by atoms with Crippen LogP contribution in [0, 0.1) is 11.8 Å². The summed E-state index contributed by atoms with van der Waals surface area (Å²) < 4.78 is 10.5. The SMILES string of the molecule is CC(=O)C[C@@H](CNC(=O)O[C@H](OC(=O)C(C)C)C(C)C)c1ccc(Cl)cc1. The van der Waals surface area contributed by atoms with Crippen LogP contribution in [0.15, 0.2) is 24.3 Å². The van der Waals surface area contributed by atoms with Gasteiger partial charge in [0.1, 0.15) is 5.78 Å². The molecule has 1 aromatic carbocycles. The van der Waals surface area contributed by atoms with Crippen molar-refractivity contribution in [2.75, 3.05) is 6.54 Å². The van der Waals surface area contributed by atoms with Gasteiger partial charge in [-0.05, 0) is 24.6 Å². The van der Waals surface area contributed by atoms with Crippen LogP contribution in [0.1, 0.15) is 52.5 Å². The van der Waals surface area contributed by atoms with E-state index in [0.717, 1.165) is 5.56 Å². The Balaban J connectivity index is 2.70. The minimum Gasteiger partial charge on any atom is -0.425 e. The lowest BCUT2D eigenvalue weighted by molar-refractivity contribution is -0.178. The molecule has 1 aromatic rings. The van der Waals surface area contributed by atoms with Crippen molar-refractivity contribution in [3.63, 3.8) is 0 Å². The molecule has 0 radical (unpaired) electrons. The summed E-state index contributed by atoms with van der Waals surface area (Å²) in [5, 5.41) is 3.25. The first kappa shape index (κ1) is 23.0. The summed E-state index contributed by atoms with van der Waals surface area (Å²) in [6.45, 7) is 8.70. The standard InChI is InChI=1S/C20H28ClNO5/c1-12(2)18(24)26-19(13(3)4)27-20(25)22-11-16(10-14(5)23)15-6-8-17(21)9-7-15/h6-9,12-13,16,19H,10-11H2,1-5H3,(H,22,25)/t16-,19-/m0/s1. The van der Waals surface area contributed by atoms with Crippen molar-refractivity contribution < 1.29 is 23.9 Å². The van der Waals surface area contributed by atoms with Gasteiger partial charge in [-0.25, -0.2) is 4.79 Å². The van der Waals surface area contributed by atoms with Crippen LogP contribution in [0.4, 0.5) is 4.79 Å². The summed E-state index contributed by atoms with van der Waals surface area (Å²) in [7, 11) is 0. The van der Waals surface area contributed by atoms with Crippen molar-refractivity contribution in [2.45, 2.75) is 53.2 Å². The average molecular weight is 398 g/mol. The lowest BCUT2D eigenvalue weighted by Gasteiger charge is -2.23. The number of rotatable bonds is 9. The molecule has 0 saturated carbocycles. The molecule has 7 heteroatoms. The summed E-state index contributed by atoms with van der Waals surface area (Å²) in [5.41, 5.74) is 0.890. The maximum atomic E-state index is 12.2. The van der Waals surface area contributed by atoms with Crippen LogP contribution in [0.2, 0.25) is 5.02 Å². The molecule has 0 aliphatic carbocycles. The predicted octanol–water partition coefficient (Wildman–Crippen LogP) is 4.31. The zero-order valence-electron chi connectivity index (χ0n) is 16.5. The fourth-order valence-corrected chi connectivity index (χ4v) is 2.42. The molecular weight excluding hydrogens is 370 g/mol. The fraction of sp³-hybridized carbons (Fsp3) is 0.550. The van der Waals surface area contributed by atoms with Crippen molar-refractivity contribution in [1.82, 2.24) is 5.32 Å². The van der Waals surface area contributed by atoms with Gasteiger partial charge in [0.25, 0.3) is 6.29 Å². The number of carbonyl (C=O) groups is 3. The second kappa shape index (κ2) is 10.9. The van der Waals surface area contributed by atoms with Crippen LogP contribution in [0.3, 0.4) is 0 Å². The van der Waals surface area contributed by atoms with Crippen LogP contribution in [-0.4, -0.2) is 30.7 Å². The highest BCUT2D eigenvalue weighted by atomic mass is 35.5. The quantitative estimate of drug-likeness (QED) is 0.496. The Kier molecular flexibility index (Phi) is 9.29. The maximum Gasteiger partial charge on any atom is 0.410 e. The second-order valence-electron chi connectivity index (χ2n) is 7.14. The number of hydrogen-bond donors (Lipinski definition) is 1. The molecule has 0 aliphatic heterocycles. The maximum absolute atomic E-state index is 12.2. The van der Waals surface area contributed by atoms with Gasteiger partial charge in [0.15, 0.2) is 0 Å². The molecule has 0 bridgehead atoms. The van der Waals surface area contributed by atoms with E-state index < -0.39 is 18.4 Å². The first-order chi connectivity index (χ1) is 12.6. The van der Waals surface area contributed by atoms with Gasteiger partial charge in [-0.3, -0.25) is 4.79 Å². The summed E-state index contributed by atoms with van der Waals surface area (Å²) in [6, 6.07) is 7.12. The lowest BCUT2D eigenvalue weighted by atomic mass is 9.94. The molecule has 0 fully saturated rings. The molecule has 1 amide bonds. The number of esters is 1. The number of Topliss-reactive ketones (excluding diaryl/α,β-unsaturated/α-hetero) is 1. The number of ketones is 1. The molecule has 6 nitrogen and oxygen atoms in total. The Morgan fingerprint density at radius 2 is 1.63 bits per heavy atom. The number of nitrogens with one attached hydrogen (secondary N) is 1. The van der Waals surface area contributed by atoms with E-state index >= 15 is 0 Å². The largest absolute Gasteiger partial charge is 0.425 e. The van der Waals surface area contributed by atoms with Crippen LogP contribution in [-0.2, 0) is 19.1 Å². The first-order valence-electron chi connectivity index (χ1n) is 9.00. The third-order valence-electron chi connectivity index (χ3n) is 3.84. The van der Waals surface area contributed by atoms with Gasteiger partial charge in [0.2, 0.25) is 0 Å². The zero-order chi connectivity index (χ0) is 20.6. The number of ether oxygens (including phenoxy) is 2. The molecule has 0 aliphatic rings. The number of amides is 1. The summed E-state index contributed by atoms with van der Waals surface area (Å²) in [6.07, 6.45) is -1.40. The molecule has 0 heterocycles. The van der Waals surface area contributed by atoms with Gasteiger partial charge in [-0.1, -0.05) is 51.4 Å². The topological polar surface area (TPSA) is 81.7 Å². The highest BCUT2D eigenvalue weighted by molar-refractivity contribution is 6.30. The van der Waals surface area contributed by atoms with E-state index in [4.69, 9.17) is 21.1 Å². The monoisotopic (exact) mass is 397 g/mol. The molecule has 2 atom stereocenters. The van der Waals surface area contributed by atoms with Gasteiger partial charge in [-0.2, -0.15) is 0 Å². The Labute approximate surface area is 165 Å². The molecular formula is C20H28ClNO5. The predicted molar refractivity (Wildman–Crippen MR) is 104 cm³/mol. The Bertz CT molecular complexity index is 642. The van der Waals surface area contributed by atoms with Gasteiger partial charge >= 0.3 is 12.1 Å². The minimum atomic E-state index is -0.971. The van der Waals surface area contributed by atoms with Gasteiger partial charge in [0, 0.05) is 29.8 Å². The minimum absolute atomic E-state index is 0.0102. The van der Waals surface area contributed by atoms with E-state index in [-0.39, 0.29) is 36.5 Å². The Morgan fingerprint density at radius 1 is 1.04 bits per heavy atom. The van der Waals surface area contributed by atoms with Crippen molar-refractivity contribution >= 4 is 29.4 Å². The Hall–Kier alpha value is -2.08. The zero-order valence-corrected chi connectivity index (χ0v) is 17.2. The first-order valence-corrected chi connectivity index (χ1v) is 9.37. The van der Waals surface area contributed by atoms with Crippen LogP contribution in [0.5, 0.6) is 0 Å². The van der Waals surface area contributed by atoms with Crippen molar-refractivity contribution in [3.8, 4) is 0 Å². The van der Waals surface area contributed by atoms with Crippen LogP contribution >= 0.6 is 11.6 Å². The van der Waals surface area contributed by atoms with Crippen molar-refractivity contribution in [1.29, 1.82) is 0 Å². The van der Waals surface area contributed by atoms with Crippen molar-refractivity contribution in [2.24, 2.45) is 11.8 Å². The van der Waals surface area contributed by atoms with E-state index in [9.17, 15) is 14.4 Å². The number of benzene rings is 1. The highest BCUT2D eigenvalue weighted by Gasteiger charge is 2.24. The molecule has 0 unspecified atom stereocenters. The smallest absolute Gasteiger partial charge is 0.410 e. The fourth-order valence-electron chi connectivity index (χ4n) is 2.29. The Morgan fingerprint density at radius 3 is 2.11 bits per heavy atom. The van der Waals surface area contributed by atoms with Gasteiger partial charge in [0.05, 0.1) is 5.92 Å². The molecule has 1 rings (SSSR count). The number of hydrogen-bond acceptors (Lipinski definition) is 5. The van der Waals surface area contributed by atoms with Crippen LogP contribution in [0.25, 0.3) is 0 Å². The molecule has 0 aromatic heterocycles. The van der Waals surface area contributed by atoms with Crippen molar-refractivity contribution in [3.05, 3.63) is 34.9 Å². The normalized spacial score (nSPS) is 13.2. The summed E-state index contributed by atoms with van der Waals surface area (Å²) >= 11 is 5.90. The van der Waals surface area contributed by atoms with Gasteiger partial charge in [-0.15, -0.1) is 0 Å². The summed E-state index contributed by atoms with van der Waals surface area (Å²) in [4.78, 5) is 35.5. The molecule has 0 saturated heterocycles. The number of alkyl carbamates (subject to hydrolysis) is 1. The van der Waals surface area contributed by atoms with E-state index in [1.165, 1.54) is 6.92 Å². The molecule has 27 heavy (non-hydrogen) atoms. The summed E-state index contributed by atoms with van der Waals surface area (Å²) in [5.74, 6) is -1.14. The highest BCUT2D eigenvalue weighted by Crippen LogP contribution is 2.22. The van der Waals surface area contributed by atoms with Crippen LogP contribution < -0.4 is 5.32 Å². The lowest BCUT2D eigenvalue weighted by Crippen LogP contribution is -2.37. The number of carbonyl (C=O) groups excluding carboxylic acids is 3.